The van der Waals surface area contributed by atoms with Crippen molar-refractivity contribution in [2.75, 3.05) is 20.2 Å². The van der Waals surface area contributed by atoms with E-state index in [1.807, 2.05) is 4.90 Å². The number of likely N-dealkylation sites (tertiary alicyclic amines) is 1. The summed E-state index contributed by atoms with van der Waals surface area (Å²) in [5, 5.41) is 0. The molecular formula is C11H12N2O4Se. The SMILES string of the molecule is COC(=O)/C(C=O)=C1/[Se]C(N2CCCC2)=NC1=O. The molecule has 1 saturated heterocycles. The number of hydrogen-bond donors (Lipinski definition) is 0. The van der Waals surface area contributed by atoms with Gasteiger partial charge in [-0.1, -0.05) is 0 Å². The molecule has 7 heteroatoms. The van der Waals surface area contributed by atoms with Crippen LogP contribution < -0.4 is 0 Å². The second kappa shape index (κ2) is 5.46. The van der Waals surface area contributed by atoms with Crippen molar-refractivity contribution in [2.24, 2.45) is 4.99 Å². The average Bonchev–Trinajstić information content (AvgIpc) is 3.00. The zero-order chi connectivity index (χ0) is 13.1. The van der Waals surface area contributed by atoms with Crippen molar-refractivity contribution in [1.29, 1.82) is 0 Å². The molecule has 0 aromatic heterocycles. The Hall–Kier alpha value is -1.46. The van der Waals surface area contributed by atoms with Crippen LogP contribution in [0.4, 0.5) is 0 Å². The first-order valence-corrected chi connectivity index (χ1v) is 7.22. The Labute approximate surface area is 110 Å². The molecule has 0 aliphatic carbocycles. The number of amidine groups is 1. The van der Waals surface area contributed by atoms with Gasteiger partial charge in [-0.15, -0.1) is 0 Å². The summed E-state index contributed by atoms with van der Waals surface area (Å²) in [7, 11) is 1.18. The topological polar surface area (TPSA) is 76.0 Å². The van der Waals surface area contributed by atoms with Gasteiger partial charge in [-0.2, -0.15) is 0 Å². The van der Waals surface area contributed by atoms with E-state index in [9.17, 15) is 14.4 Å². The molecule has 6 nitrogen and oxygen atoms in total. The Balaban J connectivity index is 2.23. The molecule has 0 radical (unpaired) electrons. The molecule has 96 valence electrons. The van der Waals surface area contributed by atoms with Gasteiger partial charge in [-0.25, -0.2) is 0 Å². The molecule has 2 rings (SSSR count). The van der Waals surface area contributed by atoms with Gasteiger partial charge in [0, 0.05) is 0 Å². The first-order valence-electron chi connectivity index (χ1n) is 5.51. The molecule has 0 aromatic carbocycles. The van der Waals surface area contributed by atoms with E-state index in [1.165, 1.54) is 7.11 Å². The van der Waals surface area contributed by atoms with Crippen molar-refractivity contribution in [3.8, 4) is 0 Å². The van der Waals surface area contributed by atoms with Crippen LogP contribution in [0.5, 0.6) is 0 Å². The molecule has 2 aliphatic heterocycles. The van der Waals surface area contributed by atoms with Crippen LogP contribution >= 0.6 is 0 Å². The number of amides is 1. The first kappa shape index (κ1) is 13.0. The van der Waals surface area contributed by atoms with Crippen LogP contribution in [0.2, 0.25) is 0 Å². The third-order valence-corrected chi connectivity index (χ3v) is 5.10. The molecule has 0 N–H and O–H groups in total. The first-order chi connectivity index (χ1) is 8.67. The monoisotopic (exact) mass is 316 g/mol. The maximum absolute atomic E-state index is 11.7. The molecule has 0 atom stereocenters. The summed E-state index contributed by atoms with van der Waals surface area (Å²) >= 11 is -0.383. The number of esters is 1. The van der Waals surface area contributed by atoms with Crippen LogP contribution in [0.1, 0.15) is 12.8 Å². The molecule has 2 heterocycles. The Morgan fingerprint density at radius 1 is 1.44 bits per heavy atom. The molecule has 18 heavy (non-hydrogen) atoms. The second-order valence-corrected chi connectivity index (χ2v) is 5.90. The van der Waals surface area contributed by atoms with E-state index < -0.39 is 11.9 Å². The predicted octanol–water partition coefficient (Wildman–Crippen LogP) is -0.691. The van der Waals surface area contributed by atoms with Gasteiger partial charge in [0.25, 0.3) is 0 Å². The number of ether oxygens (including phenoxy) is 1. The van der Waals surface area contributed by atoms with Crippen molar-refractivity contribution in [2.45, 2.75) is 12.8 Å². The summed E-state index contributed by atoms with van der Waals surface area (Å²) in [5.74, 6) is -1.25. The van der Waals surface area contributed by atoms with Gasteiger partial charge in [0.05, 0.1) is 0 Å². The average molecular weight is 315 g/mol. The number of methoxy groups -OCH3 is 1. The van der Waals surface area contributed by atoms with Gasteiger partial charge >= 0.3 is 110 Å². The van der Waals surface area contributed by atoms with Gasteiger partial charge in [0.1, 0.15) is 0 Å². The van der Waals surface area contributed by atoms with Crippen molar-refractivity contribution < 1.29 is 19.1 Å². The normalized spacial score (nSPS) is 21.9. The van der Waals surface area contributed by atoms with Crippen LogP contribution in [-0.2, 0) is 19.1 Å². The number of carbonyl (C=O) groups excluding carboxylic acids is 3. The van der Waals surface area contributed by atoms with E-state index in [-0.39, 0.29) is 25.0 Å². The molecule has 0 unspecified atom stereocenters. The predicted molar refractivity (Wildman–Crippen MR) is 64.1 cm³/mol. The number of rotatable bonds is 2. The number of aldehydes is 1. The molecule has 2 aliphatic rings. The third-order valence-electron chi connectivity index (χ3n) is 2.73. The van der Waals surface area contributed by atoms with Crippen LogP contribution in [0.3, 0.4) is 0 Å². The van der Waals surface area contributed by atoms with E-state index in [0.29, 0.717) is 11.0 Å². The third kappa shape index (κ3) is 2.37. The van der Waals surface area contributed by atoms with Crippen molar-refractivity contribution in [3.63, 3.8) is 0 Å². The van der Waals surface area contributed by atoms with Crippen molar-refractivity contribution in [3.05, 3.63) is 10.0 Å². The number of nitrogens with zero attached hydrogens (tertiary/aromatic N) is 2. The van der Waals surface area contributed by atoms with Crippen LogP contribution in [0, 0.1) is 0 Å². The van der Waals surface area contributed by atoms with Gasteiger partial charge in [0.15, 0.2) is 0 Å². The Morgan fingerprint density at radius 3 is 2.67 bits per heavy atom. The van der Waals surface area contributed by atoms with Gasteiger partial charge in [0.2, 0.25) is 0 Å². The van der Waals surface area contributed by atoms with E-state index in [2.05, 4.69) is 9.73 Å². The molecular weight excluding hydrogens is 303 g/mol. The Kier molecular flexibility index (Phi) is 3.93. The molecule has 0 aromatic rings. The Bertz CT molecular complexity index is 464. The number of aliphatic imine (C=N–C) groups is 1. The van der Waals surface area contributed by atoms with Crippen LogP contribution in [0.15, 0.2) is 15.0 Å². The van der Waals surface area contributed by atoms with Crippen molar-refractivity contribution >= 4 is 37.9 Å². The summed E-state index contributed by atoms with van der Waals surface area (Å²) in [6.45, 7) is 1.77. The summed E-state index contributed by atoms with van der Waals surface area (Å²) in [6, 6.07) is 0. The van der Waals surface area contributed by atoms with Crippen molar-refractivity contribution in [1.82, 2.24) is 4.90 Å². The summed E-state index contributed by atoms with van der Waals surface area (Å²) < 4.78 is 5.40. The molecule has 1 fully saturated rings. The van der Waals surface area contributed by atoms with Gasteiger partial charge < -0.3 is 0 Å². The standard InChI is InChI=1S/C11H12N2O4Se/c1-17-10(16)7(6-14)8-9(15)12-11(18-8)13-4-2-3-5-13/h6H,2-5H2,1H3/b8-7+. The minimum atomic E-state index is -0.770. The van der Waals surface area contributed by atoms with E-state index in [1.54, 1.807) is 0 Å². The van der Waals surface area contributed by atoms with E-state index in [4.69, 9.17) is 0 Å². The van der Waals surface area contributed by atoms with Crippen LogP contribution in [-0.4, -0.2) is 63.0 Å². The van der Waals surface area contributed by atoms with Gasteiger partial charge in [-0.05, 0) is 0 Å². The Morgan fingerprint density at radius 2 is 2.11 bits per heavy atom. The molecule has 0 saturated carbocycles. The molecule has 0 spiro atoms. The minimum absolute atomic E-state index is 0.194. The summed E-state index contributed by atoms with van der Waals surface area (Å²) in [6.07, 6.45) is 2.54. The molecule has 1 amide bonds. The molecule has 0 bridgehead atoms. The maximum atomic E-state index is 11.7. The number of carbonyl (C=O) groups is 3. The fourth-order valence-corrected chi connectivity index (χ4v) is 3.91. The zero-order valence-electron chi connectivity index (χ0n) is 9.84. The summed E-state index contributed by atoms with van der Waals surface area (Å²) in [5.41, 5.74) is -0.194. The quantitative estimate of drug-likeness (QED) is 0.168. The fraction of sp³-hybridized carbons (Fsp3) is 0.455. The summed E-state index contributed by atoms with van der Waals surface area (Å²) in [4.78, 5) is 40.0. The van der Waals surface area contributed by atoms with E-state index in [0.717, 1.165) is 25.9 Å². The fourth-order valence-electron chi connectivity index (χ4n) is 1.81. The van der Waals surface area contributed by atoms with E-state index >= 15 is 0 Å². The van der Waals surface area contributed by atoms with Gasteiger partial charge in [-0.3, -0.25) is 0 Å². The number of hydrogen-bond acceptors (Lipinski definition) is 5. The van der Waals surface area contributed by atoms with Crippen LogP contribution in [0.25, 0.3) is 0 Å². The zero-order valence-corrected chi connectivity index (χ0v) is 11.6. The second-order valence-electron chi connectivity index (χ2n) is 3.85.